The van der Waals surface area contributed by atoms with Gasteiger partial charge >= 0.3 is 0 Å². The lowest BCUT2D eigenvalue weighted by atomic mass is 10.1. The minimum absolute atomic E-state index is 0.518. The molecule has 1 atom stereocenters. The largest absolute Gasteiger partial charge is 0.472 e. The highest BCUT2D eigenvalue weighted by Gasteiger charge is 2.11. The summed E-state index contributed by atoms with van der Waals surface area (Å²) in [5.74, 6) is 0.584. The Labute approximate surface area is 75.6 Å². The number of aliphatic hydroxyl groups is 1. The molecule has 2 heterocycles. The highest BCUT2D eigenvalue weighted by Crippen LogP contribution is 2.18. The highest BCUT2D eigenvalue weighted by atomic mass is 16.4. The molecule has 0 fully saturated rings. The van der Waals surface area contributed by atoms with Crippen LogP contribution >= 0.6 is 0 Å². The molecule has 1 unspecified atom stereocenters. The second-order valence-electron chi connectivity index (χ2n) is 2.87. The molecule has 2 aromatic heterocycles. The van der Waals surface area contributed by atoms with E-state index in [9.17, 15) is 5.11 Å². The average molecular weight is 178 g/mol. The van der Waals surface area contributed by atoms with Gasteiger partial charge in [-0.05, 0) is 23.8 Å². The zero-order valence-electron chi connectivity index (χ0n) is 7.01. The lowest BCUT2D eigenvalue weighted by Crippen LogP contribution is -1.98. The molecule has 1 N–H and O–H groups in total. The summed E-state index contributed by atoms with van der Waals surface area (Å²) in [6.45, 7) is 0. The molecule has 0 saturated heterocycles. The molecule has 2 aromatic rings. The van der Waals surface area contributed by atoms with Crippen molar-refractivity contribution in [1.82, 2.24) is 0 Å². The van der Waals surface area contributed by atoms with Crippen LogP contribution in [0.2, 0.25) is 0 Å². The first kappa shape index (κ1) is 8.13. The third-order valence-corrected chi connectivity index (χ3v) is 1.88. The van der Waals surface area contributed by atoms with Crippen LogP contribution in [0, 0.1) is 0 Å². The van der Waals surface area contributed by atoms with Crippen LogP contribution in [0.1, 0.15) is 17.4 Å². The summed E-state index contributed by atoms with van der Waals surface area (Å²) in [6, 6.07) is 5.34. The van der Waals surface area contributed by atoms with Gasteiger partial charge in [0.15, 0.2) is 0 Å². The van der Waals surface area contributed by atoms with E-state index in [0.29, 0.717) is 12.2 Å². The molecule has 0 aliphatic heterocycles. The van der Waals surface area contributed by atoms with E-state index in [4.69, 9.17) is 8.83 Å². The van der Waals surface area contributed by atoms with E-state index in [0.717, 1.165) is 5.56 Å². The van der Waals surface area contributed by atoms with Gasteiger partial charge in [0, 0.05) is 6.42 Å². The van der Waals surface area contributed by atoms with Crippen LogP contribution in [0.25, 0.3) is 0 Å². The number of hydrogen-bond acceptors (Lipinski definition) is 3. The average Bonchev–Trinajstić information content (AvgIpc) is 2.74. The van der Waals surface area contributed by atoms with Crippen LogP contribution in [0.3, 0.4) is 0 Å². The molecule has 0 amide bonds. The van der Waals surface area contributed by atoms with Gasteiger partial charge in [-0.3, -0.25) is 0 Å². The maximum absolute atomic E-state index is 9.65. The number of rotatable bonds is 3. The Balaban J connectivity index is 2.04. The zero-order chi connectivity index (χ0) is 9.10. The second-order valence-corrected chi connectivity index (χ2v) is 2.87. The van der Waals surface area contributed by atoms with Crippen molar-refractivity contribution in [3.8, 4) is 0 Å². The van der Waals surface area contributed by atoms with Gasteiger partial charge in [-0.2, -0.15) is 0 Å². The van der Waals surface area contributed by atoms with Crippen molar-refractivity contribution in [2.45, 2.75) is 12.5 Å². The molecular formula is C10H10O3. The minimum atomic E-state index is -0.590. The Hall–Kier alpha value is -1.48. The van der Waals surface area contributed by atoms with Gasteiger partial charge in [0.25, 0.3) is 0 Å². The first-order chi connectivity index (χ1) is 6.36. The smallest absolute Gasteiger partial charge is 0.132 e. The SMILES string of the molecule is OC(Cc1ccoc1)c1ccco1. The number of furan rings is 2. The first-order valence-corrected chi connectivity index (χ1v) is 4.09. The monoisotopic (exact) mass is 178 g/mol. The van der Waals surface area contributed by atoms with Crippen LogP contribution in [0.5, 0.6) is 0 Å². The first-order valence-electron chi connectivity index (χ1n) is 4.09. The molecule has 0 radical (unpaired) electrons. The van der Waals surface area contributed by atoms with Gasteiger partial charge < -0.3 is 13.9 Å². The van der Waals surface area contributed by atoms with Crippen LogP contribution < -0.4 is 0 Å². The lowest BCUT2D eigenvalue weighted by Gasteiger charge is -2.04. The topological polar surface area (TPSA) is 46.5 Å². The zero-order valence-corrected chi connectivity index (χ0v) is 7.01. The summed E-state index contributed by atoms with van der Waals surface area (Å²) in [7, 11) is 0. The van der Waals surface area contributed by atoms with Crippen LogP contribution in [0.15, 0.2) is 45.8 Å². The van der Waals surface area contributed by atoms with Crippen LogP contribution in [-0.4, -0.2) is 5.11 Å². The molecule has 0 spiro atoms. The van der Waals surface area contributed by atoms with Crippen molar-refractivity contribution in [3.63, 3.8) is 0 Å². The highest BCUT2D eigenvalue weighted by molar-refractivity contribution is 5.11. The fraction of sp³-hybridized carbons (Fsp3) is 0.200. The molecule has 3 heteroatoms. The predicted octanol–water partition coefficient (Wildman–Crippen LogP) is 2.15. The van der Waals surface area contributed by atoms with E-state index < -0.39 is 6.10 Å². The second kappa shape index (κ2) is 3.49. The fourth-order valence-corrected chi connectivity index (χ4v) is 1.21. The van der Waals surface area contributed by atoms with E-state index in [2.05, 4.69) is 0 Å². The Morgan fingerprint density at radius 3 is 2.85 bits per heavy atom. The summed E-state index contributed by atoms with van der Waals surface area (Å²) in [4.78, 5) is 0. The van der Waals surface area contributed by atoms with Gasteiger partial charge in [0.1, 0.15) is 11.9 Å². The van der Waals surface area contributed by atoms with Crippen molar-refractivity contribution < 1.29 is 13.9 Å². The van der Waals surface area contributed by atoms with Gasteiger partial charge in [-0.15, -0.1) is 0 Å². The summed E-state index contributed by atoms with van der Waals surface area (Å²) in [5.41, 5.74) is 0.962. The fourth-order valence-electron chi connectivity index (χ4n) is 1.21. The molecule has 3 nitrogen and oxygen atoms in total. The Bertz CT molecular complexity index is 334. The van der Waals surface area contributed by atoms with Crippen molar-refractivity contribution in [1.29, 1.82) is 0 Å². The summed E-state index contributed by atoms with van der Waals surface area (Å²) < 4.78 is 9.95. The predicted molar refractivity (Wildman–Crippen MR) is 46.1 cm³/mol. The molecule has 0 aliphatic carbocycles. The lowest BCUT2D eigenvalue weighted by molar-refractivity contribution is 0.150. The van der Waals surface area contributed by atoms with Crippen molar-refractivity contribution in [3.05, 3.63) is 48.3 Å². The van der Waals surface area contributed by atoms with Gasteiger partial charge in [-0.1, -0.05) is 0 Å². The van der Waals surface area contributed by atoms with E-state index in [-0.39, 0.29) is 0 Å². The molecular weight excluding hydrogens is 168 g/mol. The Morgan fingerprint density at radius 2 is 2.23 bits per heavy atom. The number of aliphatic hydroxyl groups excluding tert-OH is 1. The molecule has 0 aromatic carbocycles. The normalized spacial score (nSPS) is 13.0. The molecule has 0 aliphatic rings. The van der Waals surface area contributed by atoms with Crippen LogP contribution in [0.4, 0.5) is 0 Å². The molecule has 0 bridgehead atoms. The maximum Gasteiger partial charge on any atom is 0.132 e. The minimum Gasteiger partial charge on any atom is -0.472 e. The maximum atomic E-state index is 9.65. The number of hydrogen-bond donors (Lipinski definition) is 1. The van der Waals surface area contributed by atoms with Gasteiger partial charge in [-0.25, -0.2) is 0 Å². The quantitative estimate of drug-likeness (QED) is 0.783. The summed E-state index contributed by atoms with van der Waals surface area (Å²) >= 11 is 0. The van der Waals surface area contributed by atoms with Gasteiger partial charge in [0.2, 0.25) is 0 Å². The van der Waals surface area contributed by atoms with Crippen molar-refractivity contribution in [2.24, 2.45) is 0 Å². The standard InChI is InChI=1S/C10H10O3/c11-9(10-2-1-4-13-10)6-8-3-5-12-7-8/h1-5,7,9,11H,6H2. The molecule has 2 rings (SSSR count). The van der Waals surface area contributed by atoms with Gasteiger partial charge in [0.05, 0.1) is 18.8 Å². The van der Waals surface area contributed by atoms with E-state index in [1.807, 2.05) is 6.07 Å². The third-order valence-electron chi connectivity index (χ3n) is 1.88. The molecule has 13 heavy (non-hydrogen) atoms. The van der Waals surface area contributed by atoms with Crippen LogP contribution in [-0.2, 0) is 6.42 Å². The molecule has 0 saturated carbocycles. The third kappa shape index (κ3) is 1.81. The Morgan fingerprint density at radius 1 is 1.31 bits per heavy atom. The van der Waals surface area contributed by atoms with Crippen molar-refractivity contribution >= 4 is 0 Å². The van der Waals surface area contributed by atoms with Crippen molar-refractivity contribution in [2.75, 3.05) is 0 Å². The summed E-state index contributed by atoms with van der Waals surface area (Å²) in [6.07, 6.45) is 4.68. The van der Waals surface area contributed by atoms with E-state index in [1.165, 1.54) is 0 Å². The molecule has 68 valence electrons. The Kier molecular flexibility index (Phi) is 2.19. The van der Waals surface area contributed by atoms with E-state index in [1.54, 1.807) is 30.9 Å². The summed E-state index contributed by atoms with van der Waals surface area (Å²) in [5, 5.41) is 9.65. The van der Waals surface area contributed by atoms with E-state index >= 15 is 0 Å².